The molecule has 148 valence electrons. The first kappa shape index (κ1) is 20.2. The van der Waals surface area contributed by atoms with Gasteiger partial charge in [-0.25, -0.2) is 9.80 Å². The van der Waals surface area contributed by atoms with Crippen LogP contribution >= 0.6 is 15.9 Å². The third-order valence-electron chi connectivity index (χ3n) is 4.66. The average Bonchev–Trinajstić information content (AvgIpc) is 2.83. The molecule has 2 amide bonds. The molecule has 3 rings (SSSR count). The Bertz CT molecular complexity index is 897. The summed E-state index contributed by atoms with van der Waals surface area (Å²) in [5.41, 5.74) is 3.62. The predicted molar refractivity (Wildman–Crippen MR) is 113 cm³/mol. The topological polar surface area (TPSA) is 63.2 Å². The summed E-state index contributed by atoms with van der Waals surface area (Å²) in [7, 11) is 3.23. The van der Waals surface area contributed by atoms with E-state index in [1.54, 1.807) is 14.2 Å². The molecular formula is C21H24BrN3O3. The van der Waals surface area contributed by atoms with E-state index in [0.717, 1.165) is 26.9 Å². The number of fused-ring (bicyclic) bond motifs is 1. The van der Waals surface area contributed by atoms with E-state index in [1.165, 1.54) is 5.01 Å². The summed E-state index contributed by atoms with van der Waals surface area (Å²) < 4.78 is 12.0. The molecule has 0 radical (unpaired) electrons. The van der Waals surface area contributed by atoms with Crippen molar-refractivity contribution in [3.8, 4) is 11.5 Å². The molecule has 0 bridgehead atoms. The highest BCUT2D eigenvalue weighted by atomic mass is 79.9. The lowest BCUT2D eigenvalue weighted by Gasteiger charge is -2.23. The van der Waals surface area contributed by atoms with E-state index >= 15 is 0 Å². The lowest BCUT2D eigenvalue weighted by molar-refractivity contribution is 0.183. The lowest BCUT2D eigenvalue weighted by Crippen LogP contribution is -2.42. The molecule has 0 spiro atoms. The standard InChI is InChI=1S/C21H24BrN3O3/c1-5-23-21(26)25-13(2)10-15-11-18(27-3)19(28-4)12-17(15)20(24-25)14-6-8-16(22)9-7-14/h6-9,11-13H,5,10H2,1-4H3,(H,23,26). The number of hydrogen-bond acceptors (Lipinski definition) is 4. The molecule has 2 aromatic rings. The van der Waals surface area contributed by atoms with Crippen LogP contribution in [0.1, 0.15) is 30.5 Å². The lowest BCUT2D eigenvalue weighted by atomic mass is 9.94. The van der Waals surface area contributed by atoms with Crippen LogP contribution in [0.4, 0.5) is 4.79 Å². The Morgan fingerprint density at radius 3 is 2.46 bits per heavy atom. The smallest absolute Gasteiger partial charge is 0.338 e. The van der Waals surface area contributed by atoms with Crippen molar-refractivity contribution >= 4 is 27.7 Å². The van der Waals surface area contributed by atoms with Gasteiger partial charge in [-0.1, -0.05) is 28.1 Å². The van der Waals surface area contributed by atoms with Crippen molar-refractivity contribution in [3.63, 3.8) is 0 Å². The fourth-order valence-electron chi connectivity index (χ4n) is 3.27. The van der Waals surface area contributed by atoms with Crippen molar-refractivity contribution in [2.75, 3.05) is 20.8 Å². The molecule has 1 atom stereocenters. The summed E-state index contributed by atoms with van der Waals surface area (Å²) in [6.07, 6.45) is 0.649. The van der Waals surface area contributed by atoms with E-state index in [0.29, 0.717) is 24.5 Å². The second-order valence-corrected chi connectivity index (χ2v) is 7.47. The van der Waals surface area contributed by atoms with Gasteiger partial charge in [0, 0.05) is 22.1 Å². The van der Waals surface area contributed by atoms with Crippen molar-refractivity contribution < 1.29 is 14.3 Å². The number of ether oxygens (including phenoxy) is 2. The number of nitrogens with one attached hydrogen (secondary N) is 1. The van der Waals surface area contributed by atoms with Gasteiger partial charge in [-0.15, -0.1) is 0 Å². The van der Waals surface area contributed by atoms with Gasteiger partial charge < -0.3 is 14.8 Å². The minimum atomic E-state index is -0.212. The Balaban J connectivity index is 2.21. The third-order valence-corrected chi connectivity index (χ3v) is 5.19. The van der Waals surface area contributed by atoms with Gasteiger partial charge in [-0.2, -0.15) is 5.10 Å². The Morgan fingerprint density at radius 1 is 1.21 bits per heavy atom. The zero-order valence-corrected chi connectivity index (χ0v) is 18.0. The van der Waals surface area contributed by atoms with Crippen molar-refractivity contribution in [2.45, 2.75) is 26.3 Å². The van der Waals surface area contributed by atoms with Crippen LogP contribution in [0.5, 0.6) is 11.5 Å². The van der Waals surface area contributed by atoms with Crippen molar-refractivity contribution in [1.82, 2.24) is 10.3 Å². The zero-order chi connectivity index (χ0) is 20.3. The predicted octanol–water partition coefficient (Wildman–Crippen LogP) is 4.19. The Hall–Kier alpha value is -2.54. The van der Waals surface area contributed by atoms with Crippen molar-refractivity contribution in [3.05, 3.63) is 57.6 Å². The summed E-state index contributed by atoms with van der Waals surface area (Å²) >= 11 is 3.47. The van der Waals surface area contributed by atoms with Gasteiger partial charge in [0.25, 0.3) is 0 Å². The number of methoxy groups -OCH3 is 2. The van der Waals surface area contributed by atoms with Crippen molar-refractivity contribution in [2.24, 2.45) is 5.10 Å². The van der Waals surface area contributed by atoms with E-state index in [-0.39, 0.29) is 12.1 Å². The molecular weight excluding hydrogens is 422 g/mol. The number of carbonyl (C=O) groups excluding carboxylic acids is 1. The number of rotatable bonds is 4. The van der Waals surface area contributed by atoms with Gasteiger partial charge in [0.1, 0.15) is 0 Å². The Kier molecular flexibility index (Phi) is 6.24. The van der Waals surface area contributed by atoms with Gasteiger partial charge in [0.05, 0.1) is 26.0 Å². The number of nitrogens with zero attached hydrogens (tertiary/aromatic N) is 2. The minimum absolute atomic E-state index is 0.114. The summed E-state index contributed by atoms with van der Waals surface area (Å²) in [6, 6.07) is 11.5. The summed E-state index contributed by atoms with van der Waals surface area (Å²) in [4.78, 5) is 12.6. The highest BCUT2D eigenvalue weighted by Gasteiger charge is 2.28. The molecule has 0 saturated heterocycles. The molecule has 1 aliphatic rings. The van der Waals surface area contributed by atoms with Crippen LogP contribution in [0.2, 0.25) is 0 Å². The first-order chi connectivity index (χ1) is 13.5. The molecule has 2 aromatic carbocycles. The zero-order valence-electron chi connectivity index (χ0n) is 16.5. The highest BCUT2D eigenvalue weighted by Crippen LogP contribution is 2.34. The number of hydrogen-bond donors (Lipinski definition) is 1. The van der Waals surface area contributed by atoms with E-state index in [9.17, 15) is 4.79 Å². The first-order valence-corrected chi connectivity index (χ1v) is 9.94. The second kappa shape index (κ2) is 8.65. The molecule has 7 heteroatoms. The molecule has 0 aromatic heterocycles. The van der Waals surface area contributed by atoms with Gasteiger partial charge in [0.2, 0.25) is 0 Å². The van der Waals surface area contributed by atoms with Crippen LogP contribution in [0.25, 0.3) is 0 Å². The molecule has 28 heavy (non-hydrogen) atoms. The van der Waals surface area contributed by atoms with E-state index in [2.05, 4.69) is 21.2 Å². The number of amides is 2. The Labute approximate surface area is 173 Å². The number of hydrazone groups is 1. The van der Waals surface area contributed by atoms with Crippen LogP contribution < -0.4 is 14.8 Å². The highest BCUT2D eigenvalue weighted by molar-refractivity contribution is 9.10. The van der Waals surface area contributed by atoms with Gasteiger partial charge in [0.15, 0.2) is 11.5 Å². The molecule has 0 aliphatic carbocycles. The normalized spacial score (nSPS) is 16.0. The molecule has 6 nitrogen and oxygen atoms in total. The van der Waals surface area contributed by atoms with Crippen LogP contribution in [0, 0.1) is 0 Å². The van der Waals surface area contributed by atoms with E-state index in [1.807, 2.05) is 50.2 Å². The number of urea groups is 1. The van der Waals surface area contributed by atoms with Gasteiger partial charge in [-0.05, 0) is 50.1 Å². The molecule has 0 fully saturated rings. The van der Waals surface area contributed by atoms with E-state index < -0.39 is 0 Å². The molecule has 1 aliphatic heterocycles. The van der Waals surface area contributed by atoms with Gasteiger partial charge in [-0.3, -0.25) is 0 Å². The molecule has 1 heterocycles. The van der Waals surface area contributed by atoms with E-state index in [4.69, 9.17) is 14.6 Å². The maximum Gasteiger partial charge on any atom is 0.338 e. The van der Waals surface area contributed by atoms with Gasteiger partial charge >= 0.3 is 6.03 Å². The molecule has 1 N–H and O–H groups in total. The number of carbonyl (C=O) groups is 1. The maximum atomic E-state index is 12.6. The summed E-state index contributed by atoms with van der Waals surface area (Å²) in [5, 5.41) is 9.15. The van der Waals surface area contributed by atoms with Crippen molar-refractivity contribution in [1.29, 1.82) is 0 Å². The van der Waals surface area contributed by atoms with Crippen LogP contribution in [-0.4, -0.2) is 43.6 Å². The van der Waals surface area contributed by atoms with Crippen LogP contribution in [0.15, 0.2) is 46.0 Å². The van der Waals surface area contributed by atoms with Crippen LogP contribution in [-0.2, 0) is 6.42 Å². The fourth-order valence-corrected chi connectivity index (χ4v) is 3.54. The van der Waals surface area contributed by atoms with Crippen LogP contribution in [0.3, 0.4) is 0 Å². The second-order valence-electron chi connectivity index (χ2n) is 6.55. The SMILES string of the molecule is CCNC(=O)N1N=C(c2ccc(Br)cc2)c2cc(OC)c(OC)cc2CC1C. The average molecular weight is 446 g/mol. The monoisotopic (exact) mass is 445 g/mol. The minimum Gasteiger partial charge on any atom is -0.493 e. The first-order valence-electron chi connectivity index (χ1n) is 9.15. The Morgan fingerprint density at radius 2 is 1.86 bits per heavy atom. The number of halogens is 1. The fraction of sp³-hybridized carbons (Fsp3) is 0.333. The molecule has 1 unspecified atom stereocenters. The molecule has 0 saturated carbocycles. The largest absolute Gasteiger partial charge is 0.493 e. The third kappa shape index (κ3) is 3.99. The summed E-state index contributed by atoms with van der Waals surface area (Å²) in [5.74, 6) is 1.29. The quantitative estimate of drug-likeness (QED) is 0.766. The maximum absolute atomic E-state index is 12.6. The summed E-state index contributed by atoms with van der Waals surface area (Å²) in [6.45, 7) is 4.42. The number of benzene rings is 2.